The Morgan fingerprint density at radius 3 is 2.78 bits per heavy atom. The highest BCUT2D eigenvalue weighted by atomic mass is 32.2. The van der Waals surface area contributed by atoms with Crippen molar-refractivity contribution < 1.29 is 19.3 Å². The van der Waals surface area contributed by atoms with Crippen LogP contribution in [0.2, 0.25) is 0 Å². The van der Waals surface area contributed by atoms with Gasteiger partial charge in [-0.3, -0.25) is 4.57 Å². The minimum absolute atomic E-state index is 0.185. The van der Waals surface area contributed by atoms with Gasteiger partial charge in [-0.25, -0.2) is 9.89 Å². The third-order valence-electron chi connectivity index (χ3n) is 3.89. The summed E-state index contributed by atoms with van der Waals surface area (Å²) in [4.78, 5) is 11.7. The second kappa shape index (κ2) is 11.0. The van der Waals surface area contributed by atoms with Crippen LogP contribution in [0.25, 0.3) is 0 Å². The molecule has 8 nitrogen and oxygen atoms in total. The van der Waals surface area contributed by atoms with E-state index in [0.717, 1.165) is 18.4 Å². The molecule has 0 saturated carbocycles. The number of nitrogens with one attached hydrogen (secondary N) is 1. The van der Waals surface area contributed by atoms with Crippen molar-refractivity contribution in [2.24, 2.45) is 0 Å². The Bertz CT molecular complexity index is 762. The van der Waals surface area contributed by atoms with Crippen LogP contribution in [0.15, 0.2) is 28.2 Å². The maximum atomic E-state index is 11.7. The zero-order valence-electron chi connectivity index (χ0n) is 15.9. The van der Waals surface area contributed by atoms with Crippen molar-refractivity contribution >= 4 is 11.8 Å². The molecule has 0 aliphatic carbocycles. The molecule has 0 fully saturated rings. The van der Waals surface area contributed by atoms with Crippen LogP contribution in [0.4, 0.5) is 0 Å². The molecule has 0 radical (unpaired) electrons. The number of aliphatic hydroxyl groups is 1. The largest absolute Gasteiger partial charge is 0.493 e. The van der Waals surface area contributed by atoms with Gasteiger partial charge in [0.2, 0.25) is 0 Å². The summed E-state index contributed by atoms with van der Waals surface area (Å²) in [5, 5.41) is 17.2. The predicted octanol–water partition coefficient (Wildman–Crippen LogP) is 2.06. The second-order valence-electron chi connectivity index (χ2n) is 5.99. The normalized spacial score (nSPS) is 12.1. The third kappa shape index (κ3) is 6.30. The van der Waals surface area contributed by atoms with Crippen molar-refractivity contribution in [2.75, 3.05) is 26.6 Å². The first kappa shape index (κ1) is 21.3. The molecule has 0 bridgehead atoms. The van der Waals surface area contributed by atoms with E-state index in [9.17, 15) is 9.90 Å². The molecule has 0 aliphatic rings. The van der Waals surface area contributed by atoms with Gasteiger partial charge in [-0.15, -0.1) is 5.10 Å². The Labute approximate surface area is 162 Å². The quantitative estimate of drug-likeness (QED) is 0.529. The lowest BCUT2D eigenvalue weighted by atomic mass is 10.2. The molecule has 150 valence electrons. The number of aliphatic hydroxyl groups excluding tert-OH is 1. The first-order chi connectivity index (χ1) is 13.1. The van der Waals surface area contributed by atoms with E-state index < -0.39 is 6.10 Å². The van der Waals surface area contributed by atoms with Gasteiger partial charge in [0.25, 0.3) is 0 Å². The lowest BCUT2D eigenvalue weighted by molar-refractivity contribution is 0.0397. The lowest BCUT2D eigenvalue weighted by Crippen LogP contribution is -2.20. The SMILES string of the molecule is CCCCn1c(SC[C@H](O)COCc2ccc(OC)c(OC)c2)n[nH]c1=O. The number of thioether (sulfide) groups is 1. The summed E-state index contributed by atoms with van der Waals surface area (Å²) in [6.07, 6.45) is 1.24. The van der Waals surface area contributed by atoms with Crippen LogP contribution in [0.3, 0.4) is 0 Å². The molecule has 0 aliphatic heterocycles. The summed E-state index contributed by atoms with van der Waals surface area (Å²) < 4.78 is 17.7. The summed E-state index contributed by atoms with van der Waals surface area (Å²) in [7, 11) is 3.17. The van der Waals surface area contributed by atoms with Gasteiger partial charge in [-0.1, -0.05) is 31.2 Å². The standard InChI is InChI=1S/C18H27N3O5S/c1-4-5-8-21-17(23)19-20-18(21)27-12-14(22)11-26-10-13-6-7-15(24-2)16(9-13)25-3/h6-7,9,14,22H,4-5,8,10-12H2,1-3H3,(H,19,23)/t14-/m1/s1. The molecule has 9 heteroatoms. The van der Waals surface area contributed by atoms with Gasteiger partial charge in [0.15, 0.2) is 16.7 Å². The molecule has 2 rings (SSSR count). The number of aromatic amines is 1. The molecule has 2 N–H and O–H groups in total. The summed E-state index contributed by atoms with van der Waals surface area (Å²) >= 11 is 1.34. The molecule has 2 aromatic rings. The van der Waals surface area contributed by atoms with Crippen LogP contribution in [-0.2, 0) is 17.9 Å². The molecule has 1 aromatic heterocycles. The summed E-state index contributed by atoms with van der Waals surface area (Å²) in [6.45, 7) is 3.23. The number of hydrogen-bond acceptors (Lipinski definition) is 7. The lowest BCUT2D eigenvalue weighted by Gasteiger charge is -2.12. The van der Waals surface area contributed by atoms with Crippen LogP contribution in [0.5, 0.6) is 11.5 Å². The molecule has 0 amide bonds. The van der Waals surface area contributed by atoms with Gasteiger partial charge in [-0.2, -0.15) is 0 Å². The van der Waals surface area contributed by atoms with Gasteiger partial charge < -0.3 is 19.3 Å². The highest BCUT2D eigenvalue weighted by molar-refractivity contribution is 7.99. The minimum Gasteiger partial charge on any atom is -0.493 e. The van der Waals surface area contributed by atoms with E-state index in [4.69, 9.17) is 14.2 Å². The van der Waals surface area contributed by atoms with Crippen LogP contribution in [0, 0.1) is 0 Å². The Morgan fingerprint density at radius 1 is 1.30 bits per heavy atom. The zero-order valence-corrected chi connectivity index (χ0v) is 16.8. The van der Waals surface area contributed by atoms with E-state index in [1.165, 1.54) is 11.8 Å². The number of aromatic nitrogens is 3. The topological polar surface area (TPSA) is 98.6 Å². The fraction of sp³-hybridized carbons (Fsp3) is 0.556. The Balaban J connectivity index is 1.78. The molecule has 1 atom stereocenters. The average molecular weight is 397 g/mol. The second-order valence-corrected chi connectivity index (χ2v) is 6.97. The van der Waals surface area contributed by atoms with E-state index in [-0.39, 0.29) is 12.3 Å². The Kier molecular flexibility index (Phi) is 8.70. The summed E-state index contributed by atoms with van der Waals surface area (Å²) in [6, 6.07) is 5.55. The first-order valence-corrected chi connectivity index (χ1v) is 9.82. The number of unbranched alkanes of at least 4 members (excludes halogenated alkanes) is 1. The van der Waals surface area contributed by atoms with Crippen molar-refractivity contribution in [1.82, 2.24) is 14.8 Å². The number of methoxy groups -OCH3 is 2. The van der Waals surface area contributed by atoms with Gasteiger partial charge >= 0.3 is 5.69 Å². The highest BCUT2D eigenvalue weighted by Gasteiger charge is 2.12. The molecule has 0 spiro atoms. The maximum Gasteiger partial charge on any atom is 0.343 e. The maximum absolute atomic E-state index is 11.7. The number of rotatable bonds is 12. The average Bonchev–Trinajstić information content (AvgIpc) is 3.04. The van der Waals surface area contributed by atoms with E-state index in [1.54, 1.807) is 18.8 Å². The summed E-state index contributed by atoms with van der Waals surface area (Å²) in [5.41, 5.74) is 0.707. The first-order valence-electron chi connectivity index (χ1n) is 8.83. The number of nitrogens with zero attached hydrogens (tertiary/aromatic N) is 2. The van der Waals surface area contributed by atoms with Crippen LogP contribution in [-0.4, -0.2) is 52.6 Å². The highest BCUT2D eigenvalue weighted by Crippen LogP contribution is 2.27. The number of benzene rings is 1. The van der Waals surface area contributed by atoms with Crippen LogP contribution in [0.1, 0.15) is 25.3 Å². The summed E-state index contributed by atoms with van der Waals surface area (Å²) in [5.74, 6) is 1.69. The minimum atomic E-state index is -0.665. The number of ether oxygens (including phenoxy) is 3. The molecule has 1 aromatic carbocycles. The van der Waals surface area contributed by atoms with Crippen molar-refractivity contribution in [2.45, 2.75) is 44.2 Å². The Morgan fingerprint density at radius 2 is 2.07 bits per heavy atom. The molecule has 1 heterocycles. The van der Waals surface area contributed by atoms with Crippen molar-refractivity contribution in [3.05, 3.63) is 34.2 Å². The van der Waals surface area contributed by atoms with Crippen molar-refractivity contribution in [3.63, 3.8) is 0 Å². The van der Waals surface area contributed by atoms with E-state index in [2.05, 4.69) is 17.1 Å². The zero-order chi connectivity index (χ0) is 19.6. The molecule has 0 unspecified atom stereocenters. The molecule has 0 saturated heterocycles. The van der Waals surface area contributed by atoms with Gasteiger partial charge in [0.05, 0.1) is 33.5 Å². The predicted molar refractivity (Wildman–Crippen MR) is 104 cm³/mol. The van der Waals surface area contributed by atoms with Gasteiger partial charge in [0, 0.05) is 12.3 Å². The fourth-order valence-corrected chi connectivity index (χ4v) is 3.31. The fourth-order valence-electron chi connectivity index (χ4n) is 2.43. The van der Waals surface area contributed by atoms with E-state index in [0.29, 0.717) is 35.6 Å². The van der Waals surface area contributed by atoms with Gasteiger partial charge in [-0.05, 0) is 24.1 Å². The van der Waals surface area contributed by atoms with Crippen molar-refractivity contribution in [1.29, 1.82) is 0 Å². The van der Waals surface area contributed by atoms with Gasteiger partial charge in [0.1, 0.15) is 0 Å². The number of H-pyrrole nitrogens is 1. The molecular weight excluding hydrogens is 370 g/mol. The Hall–Kier alpha value is -1.97. The van der Waals surface area contributed by atoms with E-state index >= 15 is 0 Å². The van der Waals surface area contributed by atoms with E-state index in [1.807, 2.05) is 18.2 Å². The molecular formula is C18H27N3O5S. The van der Waals surface area contributed by atoms with Crippen LogP contribution >= 0.6 is 11.8 Å². The molecule has 27 heavy (non-hydrogen) atoms. The third-order valence-corrected chi connectivity index (χ3v) is 5.01. The van der Waals surface area contributed by atoms with Crippen molar-refractivity contribution in [3.8, 4) is 11.5 Å². The monoisotopic (exact) mass is 397 g/mol. The number of hydrogen-bond donors (Lipinski definition) is 2. The smallest absolute Gasteiger partial charge is 0.343 e. The van der Waals surface area contributed by atoms with Crippen LogP contribution < -0.4 is 15.2 Å².